The Hall–Kier alpha value is -0.290. The second-order valence-corrected chi connectivity index (χ2v) is 5.46. The zero-order chi connectivity index (χ0) is 13.5. The van der Waals surface area contributed by atoms with Crippen molar-refractivity contribution in [2.45, 2.75) is 0 Å². The predicted octanol–water partition coefficient (Wildman–Crippen LogP) is -2.21. The van der Waals surface area contributed by atoms with Crippen molar-refractivity contribution in [3.8, 4) is 0 Å². The molecular formula is C6H22N4O4S. The van der Waals surface area contributed by atoms with Crippen LogP contribution in [0.3, 0.4) is 0 Å². The quantitative estimate of drug-likeness (QED) is 0.164. The SMILES string of the molecule is C[N+](C)(C)N.C[N+](C)(C)N.O=S(=O)([O-])[O-]. The maximum absolute atomic E-state index is 8.52. The van der Waals surface area contributed by atoms with E-state index in [1.165, 1.54) is 0 Å². The van der Waals surface area contributed by atoms with E-state index >= 15 is 0 Å². The van der Waals surface area contributed by atoms with E-state index in [2.05, 4.69) is 0 Å². The molecule has 0 atom stereocenters. The molecular weight excluding hydrogens is 224 g/mol. The molecule has 0 spiro atoms. The van der Waals surface area contributed by atoms with Gasteiger partial charge in [0.25, 0.3) is 0 Å². The van der Waals surface area contributed by atoms with Crippen LogP contribution in [0.4, 0.5) is 0 Å². The molecule has 0 saturated carbocycles. The molecule has 0 heterocycles. The van der Waals surface area contributed by atoms with Gasteiger partial charge >= 0.3 is 0 Å². The van der Waals surface area contributed by atoms with Crippen LogP contribution < -0.4 is 11.7 Å². The molecule has 0 radical (unpaired) electrons. The van der Waals surface area contributed by atoms with Crippen molar-refractivity contribution in [2.75, 3.05) is 42.3 Å². The number of nitrogens with two attached hydrogens (primary N) is 2. The molecule has 0 unspecified atom stereocenters. The fourth-order valence-corrected chi connectivity index (χ4v) is 0. The highest BCUT2D eigenvalue weighted by atomic mass is 32.3. The molecule has 96 valence electrons. The summed E-state index contributed by atoms with van der Waals surface area (Å²) in [5.74, 6) is 10.6. The lowest BCUT2D eigenvalue weighted by molar-refractivity contribution is -0.882. The summed E-state index contributed by atoms with van der Waals surface area (Å²) < 4.78 is 35.1. The van der Waals surface area contributed by atoms with Crippen molar-refractivity contribution in [2.24, 2.45) is 11.7 Å². The largest absolute Gasteiger partial charge is 0.759 e. The Morgan fingerprint density at radius 3 is 0.800 bits per heavy atom. The molecule has 0 aliphatic rings. The summed E-state index contributed by atoms with van der Waals surface area (Å²) in [7, 11) is 6.25. The van der Waals surface area contributed by atoms with Crippen LogP contribution in [-0.4, -0.2) is 69.0 Å². The Morgan fingerprint density at radius 2 is 0.800 bits per heavy atom. The predicted molar refractivity (Wildman–Crippen MR) is 54.9 cm³/mol. The highest BCUT2D eigenvalue weighted by molar-refractivity contribution is 7.79. The van der Waals surface area contributed by atoms with Gasteiger partial charge in [-0.25, -0.2) is 0 Å². The number of rotatable bonds is 0. The van der Waals surface area contributed by atoms with Gasteiger partial charge in [-0.15, -0.1) is 0 Å². The van der Waals surface area contributed by atoms with Gasteiger partial charge in [0.2, 0.25) is 0 Å². The van der Waals surface area contributed by atoms with E-state index in [4.69, 9.17) is 29.2 Å². The van der Waals surface area contributed by atoms with Gasteiger partial charge < -0.3 is 9.11 Å². The van der Waals surface area contributed by atoms with Gasteiger partial charge in [-0.05, 0) is 0 Å². The Kier molecular flexibility index (Phi) is 9.49. The minimum atomic E-state index is -5.17. The highest BCUT2D eigenvalue weighted by Crippen LogP contribution is 1.66. The lowest BCUT2D eigenvalue weighted by atomic mass is 10.9. The molecule has 9 heteroatoms. The molecule has 0 aliphatic heterocycles. The Morgan fingerprint density at radius 1 is 0.800 bits per heavy atom. The minimum Gasteiger partial charge on any atom is -0.759 e. The van der Waals surface area contributed by atoms with Crippen LogP contribution in [0.2, 0.25) is 0 Å². The smallest absolute Gasteiger partial charge is 0.0851 e. The van der Waals surface area contributed by atoms with E-state index in [1.54, 1.807) is 0 Å². The van der Waals surface area contributed by atoms with E-state index in [1.807, 2.05) is 42.3 Å². The maximum atomic E-state index is 8.52. The molecule has 15 heavy (non-hydrogen) atoms. The summed E-state index contributed by atoms with van der Waals surface area (Å²) in [6.45, 7) is 0. The second kappa shape index (κ2) is 7.06. The monoisotopic (exact) mass is 246 g/mol. The number of nitrogens with zero attached hydrogens (tertiary/aromatic N) is 2. The second-order valence-electron chi connectivity index (χ2n) is 4.64. The van der Waals surface area contributed by atoms with Crippen LogP contribution in [0.1, 0.15) is 0 Å². The zero-order valence-electron chi connectivity index (χ0n) is 10.1. The Bertz CT molecular complexity index is 207. The third-order valence-electron chi connectivity index (χ3n) is 0. The molecule has 0 saturated heterocycles. The van der Waals surface area contributed by atoms with E-state index in [-0.39, 0.29) is 0 Å². The van der Waals surface area contributed by atoms with Crippen molar-refractivity contribution >= 4 is 10.4 Å². The number of quaternary nitrogens is 2. The number of hydrogen-bond acceptors (Lipinski definition) is 6. The molecule has 0 aliphatic carbocycles. The van der Waals surface area contributed by atoms with Crippen LogP contribution in [-0.2, 0) is 10.4 Å². The summed E-state index contributed by atoms with van der Waals surface area (Å²) in [5.41, 5.74) is 0. The molecule has 0 aromatic heterocycles. The van der Waals surface area contributed by atoms with Crippen molar-refractivity contribution in [1.29, 1.82) is 0 Å². The fourth-order valence-electron chi connectivity index (χ4n) is 0. The standard InChI is InChI=1S/2C3H11N2.H2O4S/c3*1-5(2,3)4/h2*4H2,1-3H3;(H2,1,2,3,4)/q2*+1;/p-2. The van der Waals surface area contributed by atoms with Crippen LogP contribution in [0.15, 0.2) is 0 Å². The zero-order valence-corrected chi connectivity index (χ0v) is 10.9. The van der Waals surface area contributed by atoms with Gasteiger partial charge in [-0.3, -0.25) is 17.6 Å². The van der Waals surface area contributed by atoms with E-state index < -0.39 is 10.4 Å². The van der Waals surface area contributed by atoms with Crippen LogP contribution in [0, 0.1) is 0 Å². The maximum Gasteiger partial charge on any atom is 0.0851 e. The topological polar surface area (TPSA) is 132 Å². The molecule has 8 nitrogen and oxygen atoms in total. The van der Waals surface area contributed by atoms with Crippen LogP contribution in [0.5, 0.6) is 0 Å². The molecule has 0 bridgehead atoms. The Balaban J connectivity index is -0.000000144. The molecule has 0 rings (SSSR count). The van der Waals surface area contributed by atoms with Gasteiger partial charge in [0.1, 0.15) is 0 Å². The first-order valence-corrected chi connectivity index (χ1v) is 5.20. The minimum absolute atomic E-state index is 0.500. The van der Waals surface area contributed by atoms with Gasteiger partial charge in [-0.1, -0.05) is 0 Å². The molecule has 0 amide bonds. The lowest BCUT2D eigenvalue weighted by Gasteiger charge is -2.13. The summed E-state index contributed by atoms with van der Waals surface area (Å²) in [6, 6.07) is 0. The molecule has 4 N–H and O–H groups in total. The number of hydrogen-bond donors (Lipinski definition) is 2. The average molecular weight is 246 g/mol. The summed E-state index contributed by atoms with van der Waals surface area (Å²) in [4.78, 5) is 0. The van der Waals surface area contributed by atoms with Gasteiger partial charge in [0.15, 0.2) is 0 Å². The Labute approximate surface area is 91.8 Å². The summed E-state index contributed by atoms with van der Waals surface area (Å²) in [5, 5.41) is 0. The van der Waals surface area contributed by atoms with Crippen molar-refractivity contribution in [3.63, 3.8) is 0 Å². The molecule has 0 aromatic carbocycles. The van der Waals surface area contributed by atoms with Crippen LogP contribution in [0.25, 0.3) is 0 Å². The van der Waals surface area contributed by atoms with Crippen molar-refractivity contribution < 1.29 is 26.7 Å². The van der Waals surface area contributed by atoms with E-state index in [0.717, 1.165) is 0 Å². The summed E-state index contributed by atoms with van der Waals surface area (Å²) >= 11 is 0. The molecule has 0 fully saturated rings. The van der Waals surface area contributed by atoms with E-state index in [0.29, 0.717) is 9.18 Å². The normalized spacial score (nSPS) is 11.9. The van der Waals surface area contributed by atoms with Crippen LogP contribution >= 0.6 is 0 Å². The van der Waals surface area contributed by atoms with Gasteiger partial charge in [0, 0.05) is 10.4 Å². The average Bonchev–Trinajstić information content (AvgIpc) is 1.41. The first-order chi connectivity index (χ1) is 6.00. The third kappa shape index (κ3) is 22400. The van der Waals surface area contributed by atoms with Crippen molar-refractivity contribution in [3.05, 3.63) is 0 Å². The summed E-state index contributed by atoms with van der Waals surface area (Å²) in [6.07, 6.45) is 0. The van der Waals surface area contributed by atoms with Gasteiger partial charge in [-0.2, -0.15) is 11.7 Å². The third-order valence-corrected chi connectivity index (χ3v) is 0. The lowest BCUT2D eigenvalue weighted by Crippen LogP contribution is -2.41. The van der Waals surface area contributed by atoms with E-state index in [9.17, 15) is 0 Å². The highest BCUT2D eigenvalue weighted by Gasteiger charge is 1.90. The van der Waals surface area contributed by atoms with Crippen molar-refractivity contribution in [1.82, 2.24) is 0 Å². The van der Waals surface area contributed by atoms with Gasteiger partial charge in [0.05, 0.1) is 42.3 Å². The first-order valence-electron chi connectivity index (χ1n) is 3.87. The fraction of sp³-hybridized carbons (Fsp3) is 1.00. The first kappa shape index (κ1) is 20.2. The molecule has 0 aromatic rings.